The molecule has 0 spiro atoms. The smallest absolute Gasteiger partial charge is 0.319 e. The number of sulfonamides is 1. The lowest BCUT2D eigenvalue weighted by Gasteiger charge is -2.19. The van der Waals surface area contributed by atoms with Crippen LogP contribution in [0.15, 0.2) is 29.2 Å². The number of rotatable bonds is 4. The Bertz CT molecular complexity index is 608. The molecule has 1 atom stereocenters. The highest BCUT2D eigenvalue weighted by molar-refractivity contribution is 7.89. The van der Waals surface area contributed by atoms with Crippen molar-refractivity contribution in [1.29, 1.82) is 0 Å². The molecule has 1 unspecified atom stereocenters. The summed E-state index contributed by atoms with van der Waals surface area (Å²) in [5, 5.41) is 2.96. The average molecular weight is 359 g/mol. The fourth-order valence-corrected chi connectivity index (χ4v) is 4.28. The third-order valence-electron chi connectivity index (χ3n) is 3.55. The zero-order valence-electron chi connectivity index (χ0n) is 11.9. The topological polar surface area (TPSA) is 49.4 Å². The van der Waals surface area contributed by atoms with Crippen molar-refractivity contribution in [1.82, 2.24) is 9.62 Å². The molecule has 0 aliphatic carbocycles. The molecule has 1 aliphatic rings. The molecule has 1 N–H and O–H groups in total. The van der Waals surface area contributed by atoms with Crippen molar-refractivity contribution < 1.29 is 21.6 Å². The zero-order chi connectivity index (χ0) is 15.7. The van der Waals surface area contributed by atoms with E-state index < -0.39 is 26.7 Å². The molecule has 9 heteroatoms. The first-order chi connectivity index (χ1) is 9.76. The fourth-order valence-electron chi connectivity index (χ4n) is 2.54. The van der Waals surface area contributed by atoms with Gasteiger partial charge in [-0.25, -0.2) is 8.42 Å². The largest absolute Gasteiger partial charge is 0.417 e. The monoisotopic (exact) mass is 358 g/mol. The molecule has 1 aromatic rings. The molecule has 1 heterocycles. The number of alkyl halides is 3. The summed E-state index contributed by atoms with van der Waals surface area (Å²) in [6, 6.07) is 4.32. The summed E-state index contributed by atoms with van der Waals surface area (Å²) in [6.45, 7) is 1.14. The summed E-state index contributed by atoms with van der Waals surface area (Å²) in [6.07, 6.45) is -4.04. The van der Waals surface area contributed by atoms with Crippen LogP contribution < -0.4 is 5.32 Å². The van der Waals surface area contributed by atoms with E-state index >= 15 is 0 Å². The van der Waals surface area contributed by atoms with Gasteiger partial charge >= 0.3 is 6.18 Å². The van der Waals surface area contributed by atoms with Crippen molar-refractivity contribution in [2.45, 2.75) is 17.5 Å². The molecule has 2 rings (SSSR count). The van der Waals surface area contributed by atoms with Gasteiger partial charge in [0.2, 0.25) is 10.0 Å². The lowest BCUT2D eigenvalue weighted by atomic mass is 10.1. The average Bonchev–Trinajstić information content (AvgIpc) is 2.87. The molecule has 1 saturated heterocycles. The summed E-state index contributed by atoms with van der Waals surface area (Å²) < 4.78 is 65.0. The normalized spacial score (nSPS) is 19.9. The van der Waals surface area contributed by atoms with Crippen LogP contribution in [0.2, 0.25) is 0 Å². The SMILES string of the molecule is CNCC1CCN(S(=O)(=O)c2ccccc2C(F)(F)F)C1.Cl. The van der Waals surface area contributed by atoms with Crippen molar-refractivity contribution in [3.8, 4) is 0 Å². The third-order valence-corrected chi connectivity index (χ3v) is 5.47. The molecule has 1 aliphatic heterocycles. The first-order valence-electron chi connectivity index (χ1n) is 6.58. The Morgan fingerprint density at radius 2 is 1.95 bits per heavy atom. The Balaban J connectivity index is 0.00000242. The third kappa shape index (κ3) is 3.92. The van der Waals surface area contributed by atoms with Gasteiger partial charge in [-0.15, -0.1) is 12.4 Å². The van der Waals surface area contributed by atoms with Crippen molar-refractivity contribution in [2.24, 2.45) is 5.92 Å². The Labute approximate surface area is 134 Å². The van der Waals surface area contributed by atoms with E-state index in [-0.39, 0.29) is 31.4 Å². The first-order valence-corrected chi connectivity index (χ1v) is 8.02. The van der Waals surface area contributed by atoms with E-state index in [1.54, 1.807) is 7.05 Å². The molecule has 0 aromatic heterocycles. The minimum atomic E-state index is -4.69. The zero-order valence-corrected chi connectivity index (χ0v) is 13.6. The van der Waals surface area contributed by atoms with Crippen LogP contribution in [-0.2, 0) is 16.2 Å². The number of hydrogen-bond donors (Lipinski definition) is 1. The van der Waals surface area contributed by atoms with Crippen molar-refractivity contribution in [3.63, 3.8) is 0 Å². The van der Waals surface area contributed by atoms with E-state index in [0.717, 1.165) is 16.4 Å². The van der Waals surface area contributed by atoms with E-state index in [9.17, 15) is 21.6 Å². The molecule has 4 nitrogen and oxygen atoms in total. The molecule has 126 valence electrons. The number of nitrogens with zero attached hydrogens (tertiary/aromatic N) is 1. The van der Waals surface area contributed by atoms with Gasteiger partial charge in [0.25, 0.3) is 0 Å². The van der Waals surface area contributed by atoms with Gasteiger partial charge < -0.3 is 5.32 Å². The second-order valence-corrected chi connectivity index (χ2v) is 6.98. The van der Waals surface area contributed by atoms with E-state index in [0.29, 0.717) is 13.0 Å². The maximum absolute atomic E-state index is 13.0. The number of halogens is 4. The summed E-state index contributed by atoms with van der Waals surface area (Å²) in [5.41, 5.74) is -1.11. The first kappa shape index (κ1) is 19.2. The van der Waals surface area contributed by atoms with Gasteiger partial charge in [-0.3, -0.25) is 0 Å². The Kier molecular flexibility index (Phi) is 6.26. The minimum Gasteiger partial charge on any atom is -0.319 e. The van der Waals surface area contributed by atoms with Gasteiger partial charge in [0.1, 0.15) is 0 Å². The highest BCUT2D eigenvalue weighted by Gasteiger charge is 2.40. The van der Waals surface area contributed by atoms with E-state index in [4.69, 9.17) is 0 Å². The van der Waals surface area contributed by atoms with Gasteiger partial charge in [-0.05, 0) is 38.1 Å². The predicted octanol–water partition coefficient (Wildman–Crippen LogP) is 2.36. The second kappa shape index (κ2) is 7.16. The number of nitrogens with one attached hydrogen (secondary N) is 1. The summed E-state index contributed by atoms with van der Waals surface area (Å²) in [4.78, 5) is -0.664. The maximum atomic E-state index is 13.0. The molecule has 0 radical (unpaired) electrons. The molecule has 0 saturated carbocycles. The summed E-state index contributed by atoms with van der Waals surface area (Å²) in [5.74, 6) is 0.128. The summed E-state index contributed by atoms with van der Waals surface area (Å²) in [7, 11) is -2.36. The van der Waals surface area contributed by atoms with Gasteiger partial charge in [0.05, 0.1) is 10.5 Å². The molecule has 1 fully saturated rings. The highest BCUT2D eigenvalue weighted by atomic mass is 35.5. The van der Waals surface area contributed by atoms with E-state index in [1.165, 1.54) is 12.1 Å². The highest BCUT2D eigenvalue weighted by Crippen LogP contribution is 2.36. The lowest BCUT2D eigenvalue weighted by molar-refractivity contribution is -0.139. The quantitative estimate of drug-likeness (QED) is 0.899. The lowest BCUT2D eigenvalue weighted by Crippen LogP contribution is -2.31. The fraction of sp³-hybridized carbons (Fsp3) is 0.538. The molecule has 1 aromatic carbocycles. The van der Waals surface area contributed by atoms with Gasteiger partial charge in [-0.2, -0.15) is 17.5 Å². The van der Waals surface area contributed by atoms with Crippen LogP contribution in [0.4, 0.5) is 13.2 Å². The van der Waals surface area contributed by atoms with Crippen molar-refractivity contribution in [2.75, 3.05) is 26.7 Å². The van der Waals surface area contributed by atoms with Gasteiger partial charge in [0, 0.05) is 13.1 Å². The van der Waals surface area contributed by atoms with E-state index in [2.05, 4.69) is 5.32 Å². The van der Waals surface area contributed by atoms with Crippen LogP contribution in [0.25, 0.3) is 0 Å². The predicted molar refractivity (Wildman–Crippen MR) is 79.5 cm³/mol. The minimum absolute atomic E-state index is 0. The van der Waals surface area contributed by atoms with Crippen molar-refractivity contribution >= 4 is 22.4 Å². The molecule has 0 bridgehead atoms. The maximum Gasteiger partial charge on any atom is 0.417 e. The van der Waals surface area contributed by atoms with Gasteiger partial charge in [-0.1, -0.05) is 12.1 Å². The number of hydrogen-bond acceptors (Lipinski definition) is 3. The van der Waals surface area contributed by atoms with Crippen molar-refractivity contribution in [3.05, 3.63) is 29.8 Å². The number of benzene rings is 1. The van der Waals surface area contributed by atoms with Crippen LogP contribution in [0, 0.1) is 5.92 Å². The summed E-state index contributed by atoms with van der Waals surface area (Å²) >= 11 is 0. The van der Waals surface area contributed by atoms with Crippen LogP contribution in [-0.4, -0.2) is 39.4 Å². The molecular formula is C13H18ClF3N2O2S. The Morgan fingerprint density at radius 3 is 2.55 bits per heavy atom. The molecular weight excluding hydrogens is 341 g/mol. The van der Waals surface area contributed by atoms with Crippen LogP contribution in [0.1, 0.15) is 12.0 Å². The molecule has 22 heavy (non-hydrogen) atoms. The Hall–Kier alpha value is -0.830. The van der Waals surface area contributed by atoms with Gasteiger partial charge in [0.15, 0.2) is 0 Å². The van der Waals surface area contributed by atoms with Crippen LogP contribution in [0.3, 0.4) is 0 Å². The standard InChI is InChI=1S/C13H17F3N2O2S.ClH/c1-17-8-10-6-7-18(9-10)21(19,20)12-5-3-2-4-11(12)13(14,15)16;/h2-5,10,17H,6-9H2,1H3;1H. The van der Waals surface area contributed by atoms with Crippen LogP contribution >= 0.6 is 12.4 Å². The van der Waals surface area contributed by atoms with Crippen LogP contribution in [0.5, 0.6) is 0 Å². The van der Waals surface area contributed by atoms with E-state index in [1.807, 2.05) is 0 Å². The Morgan fingerprint density at radius 1 is 1.32 bits per heavy atom. The second-order valence-electron chi connectivity index (χ2n) is 5.07. The molecule has 0 amide bonds.